The van der Waals surface area contributed by atoms with Crippen LogP contribution in [0.5, 0.6) is 23.0 Å². The number of hydrogen-bond donors (Lipinski definition) is 0. The largest absolute Gasteiger partial charge is 0.491 e. The average Bonchev–Trinajstić information content (AvgIpc) is 3.30. The molecule has 10 rings (SSSR count). The molecule has 60 heavy (non-hydrogen) atoms. The molecule has 2 aromatic heterocycles. The van der Waals surface area contributed by atoms with Crippen LogP contribution in [0, 0.1) is 0 Å². The lowest BCUT2D eigenvalue weighted by Gasteiger charge is -2.13. The number of nitrogens with zero attached hydrogens (tertiary/aromatic N) is 2. The van der Waals surface area contributed by atoms with E-state index in [1.54, 1.807) is 12.1 Å². The predicted molar refractivity (Wildman–Crippen MR) is 230 cm³/mol. The fourth-order valence-electron chi connectivity index (χ4n) is 6.71. The third kappa shape index (κ3) is 10.8. The van der Waals surface area contributed by atoms with E-state index in [2.05, 4.69) is 24.3 Å². The van der Waals surface area contributed by atoms with E-state index in [0.29, 0.717) is 96.3 Å². The van der Waals surface area contributed by atoms with Gasteiger partial charge in [0.1, 0.15) is 55.7 Å². The van der Waals surface area contributed by atoms with Crippen LogP contribution in [0.1, 0.15) is 10.4 Å². The molecule has 11 heteroatoms. The maximum atomic E-state index is 11.2. The van der Waals surface area contributed by atoms with E-state index in [4.69, 9.17) is 47.9 Å². The highest BCUT2D eigenvalue weighted by molar-refractivity contribution is 6.04. The number of benzene rings is 5. The van der Waals surface area contributed by atoms with Crippen LogP contribution in [0.2, 0.25) is 0 Å². The molecule has 3 aliphatic heterocycles. The maximum absolute atomic E-state index is 11.2. The standard InChI is InChI=1S/C49H46N2O9/c52-34-35-1-3-36(4-2-35)41-31-44-33-45(32-41)60-30-26-56-22-20-54-24-28-58-43-15-9-38(10-16-43)47-18-12-40-6-5-39-11-17-46(50-48(39)49(40)51-47)37-7-13-42(14-8-37)57-27-23-53-19-21-55-25-29-59-44/h1-18,31-34H,19-30H2. The summed E-state index contributed by atoms with van der Waals surface area (Å²) in [4.78, 5) is 21.4. The van der Waals surface area contributed by atoms with Gasteiger partial charge in [0, 0.05) is 33.5 Å². The van der Waals surface area contributed by atoms with Gasteiger partial charge in [0.15, 0.2) is 0 Å². The first-order valence-electron chi connectivity index (χ1n) is 20.1. The summed E-state index contributed by atoms with van der Waals surface area (Å²) in [5, 5.41) is 2.05. The number of hydrogen-bond acceptors (Lipinski definition) is 11. The topological polar surface area (TPSA) is 117 Å². The summed E-state index contributed by atoms with van der Waals surface area (Å²) in [5.74, 6) is 2.78. The Hall–Kier alpha value is -6.37. The molecule has 11 nitrogen and oxygen atoms in total. The average molecular weight is 807 g/mol. The van der Waals surface area contributed by atoms with E-state index in [0.717, 1.165) is 73.2 Å². The van der Waals surface area contributed by atoms with Crippen LogP contribution in [0.3, 0.4) is 0 Å². The molecule has 0 amide bonds. The van der Waals surface area contributed by atoms with Crippen molar-refractivity contribution in [3.8, 4) is 56.6 Å². The summed E-state index contributed by atoms with van der Waals surface area (Å²) in [5.41, 5.74) is 7.80. The van der Waals surface area contributed by atoms with Crippen molar-refractivity contribution >= 4 is 28.1 Å². The molecule has 0 fully saturated rings. The normalized spacial score (nSPS) is 15.2. The quantitative estimate of drug-likeness (QED) is 0.123. The number of pyridine rings is 2. The maximum Gasteiger partial charge on any atom is 0.150 e. The fourth-order valence-corrected chi connectivity index (χ4v) is 6.71. The minimum atomic E-state index is 0.343. The van der Waals surface area contributed by atoms with E-state index in [1.165, 1.54) is 0 Å². The highest BCUT2D eigenvalue weighted by Gasteiger charge is 2.11. The van der Waals surface area contributed by atoms with Crippen LogP contribution >= 0.6 is 0 Å². The third-order valence-corrected chi connectivity index (χ3v) is 9.81. The van der Waals surface area contributed by atoms with E-state index in [1.807, 2.05) is 91.0 Å². The van der Waals surface area contributed by atoms with Crippen LogP contribution in [-0.2, 0) is 18.9 Å². The van der Waals surface area contributed by atoms with Crippen molar-refractivity contribution < 1.29 is 42.7 Å². The molecule has 3 aliphatic rings. The Balaban J connectivity index is 0.919. The van der Waals surface area contributed by atoms with Gasteiger partial charge in [-0.25, -0.2) is 9.97 Å². The molecule has 0 saturated heterocycles. The molecule has 0 radical (unpaired) electrons. The van der Waals surface area contributed by atoms with Crippen LogP contribution in [0.4, 0.5) is 0 Å². The van der Waals surface area contributed by atoms with Crippen LogP contribution < -0.4 is 18.9 Å². The Bertz CT molecular complexity index is 2330. The SMILES string of the molecule is O=Cc1ccc(-c2cc3cc(c2)OCCOCCOCCOc2ccc(cc2)-c2ccc4ccc5ccc(nc5c4n2)-c2ccc(cc2)OCCOCCOCCO3)cc1. The number of fused-ring (bicyclic) bond motifs is 2. The van der Waals surface area contributed by atoms with Crippen molar-refractivity contribution in [2.45, 2.75) is 0 Å². The first-order valence-corrected chi connectivity index (χ1v) is 20.1. The van der Waals surface area contributed by atoms with Gasteiger partial charge in [-0.15, -0.1) is 0 Å². The molecule has 0 atom stereocenters. The highest BCUT2D eigenvalue weighted by atomic mass is 16.6. The van der Waals surface area contributed by atoms with Gasteiger partial charge in [-0.05, 0) is 83.9 Å². The van der Waals surface area contributed by atoms with E-state index in [-0.39, 0.29) is 0 Å². The van der Waals surface area contributed by atoms with Gasteiger partial charge < -0.3 is 37.9 Å². The Morgan fingerprint density at radius 2 is 0.717 bits per heavy atom. The second-order valence-corrected chi connectivity index (χ2v) is 13.9. The van der Waals surface area contributed by atoms with Crippen molar-refractivity contribution in [2.24, 2.45) is 0 Å². The van der Waals surface area contributed by atoms with Gasteiger partial charge in [0.2, 0.25) is 0 Å². The van der Waals surface area contributed by atoms with Gasteiger partial charge in [0.25, 0.3) is 0 Å². The second kappa shape index (κ2) is 20.5. The van der Waals surface area contributed by atoms with Gasteiger partial charge >= 0.3 is 0 Å². The molecule has 0 unspecified atom stereocenters. The Labute approximate surface area is 348 Å². The third-order valence-electron chi connectivity index (χ3n) is 9.81. The zero-order chi connectivity index (χ0) is 40.8. The monoisotopic (exact) mass is 806 g/mol. The fraction of sp³-hybridized carbons (Fsp3) is 0.245. The Kier molecular flexibility index (Phi) is 13.8. The second-order valence-electron chi connectivity index (χ2n) is 13.9. The number of rotatable bonds is 2. The van der Waals surface area contributed by atoms with Gasteiger partial charge in [-0.1, -0.05) is 48.5 Å². The summed E-state index contributed by atoms with van der Waals surface area (Å²) in [6, 6.07) is 41.4. The first kappa shape index (κ1) is 40.4. The molecule has 0 N–H and O–H groups in total. The predicted octanol–water partition coefficient (Wildman–Crippen LogP) is 8.89. The number of aromatic nitrogens is 2. The van der Waals surface area contributed by atoms with Crippen molar-refractivity contribution in [1.29, 1.82) is 0 Å². The lowest BCUT2D eigenvalue weighted by atomic mass is 10.0. The van der Waals surface area contributed by atoms with Gasteiger partial charge in [-0.2, -0.15) is 0 Å². The van der Waals surface area contributed by atoms with Crippen molar-refractivity contribution in [2.75, 3.05) is 79.3 Å². The van der Waals surface area contributed by atoms with E-state index >= 15 is 0 Å². The molecule has 0 spiro atoms. The van der Waals surface area contributed by atoms with E-state index in [9.17, 15) is 4.79 Å². The summed E-state index contributed by atoms with van der Waals surface area (Å²) < 4.78 is 47.0. The number of carbonyl (C=O) groups is 1. The molecular formula is C49H46N2O9. The minimum absolute atomic E-state index is 0.343. The minimum Gasteiger partial charge on any atom is -0.491 e. The number of ether oxygens (including phenoxy) is 8. The van der Waals surface area contributed by atoms with Crippen LogP contribution in [-0.4, -0.2) is 95.5 Å². The molecule has 5 heterocycles. The van der Waals surface area contributed by atoms with Crippen LogP contribution in [0.25, 0.3) is 55.4 Å². The van der Waals surface area contributed by atoms with E-state index < -0.39 is 0 Å². The summed E-state index contributed by atoms with van der Waals surface area (Å²) in [6.45, 7) is 4.83. The molecule has 306 valence electrons. The summed E-state index contributed by atoms with van der Waals surface area (Å²) in [6.07, 6.45) is 0.826. The molecule has 0 aliphatic carbocycles. The van der Waals surface area contributed by atoms with Gasteiger partial charge in [-0.3, -0.25) is 4.79 Å². The lowest BCUT2D eigenvalue weighted by Crippen LogP contribution is -2.14. The zero-order valence-electron chi connectivity index (χ0n) is 33.3. The van der Waals surface area contributed by atoms with Crippen molar-refractivity contribution in [3.63, 3.8) is 0 Å². The molecule has 10 bridgehead atoms. The summed E-state index contributed by atoms with van der Waals surface area (Å²) >= 11 is 0. The molecule has 5 aromatic carbocycles. The molecular weight excluding hydrogens is 761 g/mol. The number of aldehydes is 1. The number of carbonyl (C=O) groups excluding carboxylic acids is 1. The molecule has 0 saturated carbocycles. The molecule has 7 aromatic rings. The van der Waals surface area contributed by atoms with Crippen LogP contribution in [0.15, 0.2) is 127 Å². The van der Waals surface area contributed by atoms with Crippen molar-refractivity contribution in [3.05, 3.63) is 133 Å². The lowest BCUT2D eigenvalue weighted by molar-refractivity contribution is 0.0267. The Morgan fingerprint density at radius 3 is 1.13 bits per heavy atom. The smallest absolute Gasteiger partial charge is 0.150 e. The first-order chi connectivity index (χ1) is 29.7. The zero-order valence-corrected chi connectivity index (χ0v) is 33.3. The Morgan fingerprint density at radius 1 is 0.350 bits per heavy atom. The van der Waals surface area contributed by atoms with Gasteiger partial charge in [0.05, 0.1) is 75.3 Å². The summed E-state index contributed by atoms with van der Waals surface area (Å²) in [7, 11) is 0. The highest BCUT2D eigenvalue weighted by Crippen LogP contribution is 2.32. The van der Waals surface area contributed by atoms with Crippen molar-refractivity contribution in [1.82, 2.24) is 9.97 Å².